The number of rotatable bonds is 5. The van der Waals surface area contributed by atoms with Crippen LogP contribution >= 0.6 is 15.9 Å². The van der Waals surface area contributed by atoms with Crippen molar-refractivity contribution in [1.82, 2.24) is 8.61 Å². The third-order valence-corrected chi connectivity index (χ3v) is 7.49. The number of nitrogens with zero attached hydrogens (tertiary/aromatic N) is 2. The van der Waals surface area contributed by atoms with Crippen LogP contribution in [0, 0.1) is 13.8 Å². The van der Waals surface area contributed by atoms with Gasteiger partial charge in [-0.05, 0) is 49.6 Å². The lowest BCUT2D eigenvalue weighted by atomic mass is 10.1. The summed E-state index contributed by atoms with van der Waals surface area (Å²) in [6, 6.07) is 13.3. The van der Waals surface area contributed by atoms with E-state index < -0.39 is 10.2 Å². The van der Waals surface area contributed by atoms with Gasteiger partial charge in [0, 0.05) is 29.8 Å². The molecule has 1 saturated heterocycles. The highest BCUT2D eigenvalue weighted by Crippen LogP contribution is 2.22. The largest absolute Gasteiger partial charge is 0.325 e. The number of hydrogen-bond donors (Lipinski definition) is 1. The predicted molar refractivity (Wildman–Crippen MR) is 114 cm³/mol. The van der Waals surface area contributed by atoms with Gasteiger partial charge in [-0.1, -0.05) is 45.8 Å². The average Bonchev–Trinajstić information content (AvgIpc) is 2.62. The fraction of sp³-hybridized carbons (Fsp3) is 0.350. The second-order valence-corrected chi connectivity index (χ2v) is 9.81. The van der Waals surface area contributed by atoms with Crippen LogP contribution in [-0.4, -0.2) is 42.6 Å². The summed E-state index contributed by atoms with van der Waals surface area (Å²) in [5.41, 5.74) is 3.68. The molecule has 0 aromatic heterocycles. The number of amides is 1. The van der Waals surface area contributed by atoms with Crippen LogP contribution in [0.25, 0.3) is 0 Å². The van der Waals surface area contributed by atoms with E-state index in [9.17, 15) is 13.2 Å². The van der Waals surface area contributed by atoms with Crippen LogP contribution in [0.15, 0.2) is 46.9 Å². The zero-order valence-electron chi connectivity index (χ0n) is 16.0. The monoisotopic (exact) mass is 465 g/mol. The molecule has 0 unspecified atom stereocenters. The average molecular weight is 466 g/mol. The molecule has 2 aromatic rings. The number of benzene rings is 2. The van der Waals surface area contributed by atoms with Crippen LogP contribution in [0.1, 0.15) is 23.1 Å². The van der Waals surface area contributed by atoms with Gasteiger partial charge < -0.3 is 5.32 Å². The maximum atomic E-state index is 13.0. The lowest BCUT2D eigenvalue weighted by molar-refractivity contribution is -0.116. The maximum absolute atomic E-state index is 13.0. The van der Waals surface area contributed by atoms with Crippen molar-refractivity contribution in [2.45, 2.75) is 26.8 Å². The third-order valence-electron chi connectivity index (χ3n) is 4.67. The van der Waals surface area contributed by atoms with E-state index in [-0.39, 0.29) is 12.5 Å². The van der Waals surface area contributed by atoms with Gasteiger partial charge in [0.05, 0.1) is 6.54 Å². The minimum Gasteiger partial charge on any atom is -0.325 e. The highest BCUT2D eigenvalue weighted by Gasteiger charge is 2.34. The quantitative estimate of drug-likeness (QED) is 0.734. The van der Waals surface area contributed by atoms with E-state index in [0.717, 1.165) is 21.2 Å². The summed E-state index contributed by atoms with van der Waals surface area (Å²) >= 11 is 3.42. The van der Waals surface area contributed by atoms with Gasteiger partial charge in [0.1, 0.15) is 0 Å². The zero-order chi connectivity index (χ0) is 20.3. The summed E-state index contributed by atoms with van der Waals surface area (Å²) in [4.78, 5) is 12.4. The van der Waals surface area contributed by atoms with Crippen molar-refractivity contribution in [2.75, 3.05) is 25.0 Å². The van der Waals surface area contributed by atoms with E-state index in [0.29, 0.717) is 31.7 Å². The molecule has 0 spiro atoms. The summed E-state index contributed by atoms with van der Waals surface area (Å²) in [6.45, 7) is 4.84. The molecule has 0 aliphatic carbocycles. The molecule has 3 rings (SSSR count). The molecule has 1 amide bonds. The van der Waals surface area contributed by atoms with Crippen LogP contribution in [0.4, 0.5) is 5.69 Å². The fourth-order valence-corrected chi connectivity index (χ4v) is 5.12. The van der Waals surface area contributed by atoms with Crippen LogP contribution < -0.4 is 5.32 Å². The molecule has 1 aliphatic rings. The Morgan fingerprint density at radius 2 is 1.86 bits per heavy atom. The van der Waals surface area contributed by atoms with Crippen LogP contribution in [0.3, 0.4) is 0 Å². The van der Waals surface area contributed by atoms with Gasteiger partial charge in [0.25, 0.3) is 10.2 Å². The van der Waals surface area contributed by atoms with E-state index in [1.165, 1.54) is 8.61 Å². The number of carbonyl (C=O) groups is 1. The van der Waals surface area contributed by atoms with Gasteiger partial charge in [-0.15, -0.1) is 0 Å². The van der Waals surface area contributed by atoms with Crippen LogP contribution in [0.2, 0.25) is 0 Å². The highest BCUT2D eigenvalue weighted by molar-refractivity contribution is 9.10. The molecule has 150 valence electrons. The first-order valence-electron chi connectivity index (χ1n) is 9.12. The van der Waals surface area contributed by atoms with Crippen molar-refractivity contribution in [3.63, 3.8) is 0 Å². The van der Waals surface area contributed by atoms with Gasteiger partial charge in [0.2, 0.25) is 5.91 Å². The van der Waals surface area contributed by atoms with Crippen LogP contribution in [0.5, 0.6) is 0 Å². The minimum absolute atomic E-state index is 0.193. The maximum Gasteiger partial charge on any atom is 0.282 e. The molecule has 0 atom stereocenters. The molecular formula is C20H24BrN3O3S. The second kappa shape index (κ2) is 8.73. The summed E-state index contributed by atoms with van der Waals surface area (Å²) in [5.74, 6) is -0.345. The summed E-state index contributed by atoms with van der Waals surface area (Å²) in [6.07, 6.45) is 0.690. The standard InChI is InChI=1S/C20H24BrN3O3S/c1-15-5-3-6-17(11-15)13-23-9-4-10-24(28(23,26)27)14-20(25)22-18-7-8-19(21)16(2)12-18/h3,5-8,11-12H,4,9-10,13-14H2,1-2H3,(H,22,25). The molecule has 8 heteroatoms. The Balaban J connectivity index is 1.67. The van der Waals surface area contributed by atoms with Crippen molar-refractivity contribution in [1.29, 1.82) is 0 Å². The van der Waals surface area contributed by atoms with Crippen molar-refractivity contribution in [2.24, 2.45) is 0 Å². The van der Waals surface area contributed by atoms with Gasteiger partial charge >= 0.3 is 0 Å². The molecule has 1 N–H and O–H groups in total. The molecule has 0 saturated carbocycles. The molecule has 1 heterocycles. The Bertz CT molecular complexity index is 978. The summed E-state index contributed by atoms with van der Waals surface area (Å²) in [7, 11) is -3.68. The SMILES string of the molecule is Cc1cccc(CN2CCCN(CC(=O)Nc3ccc(Br)c(C)c3)S2(=O)=O)c1. The first-order valence-corrected chi connectivity index (χ1v) is 11.3. The van der Waals surface area contributed by atoms with Crippen molar-refractivity contribution in [3.05, 3.63) is 63.6 Å². The molecule has 28 heavy (non-hydrogen) atoms. The Kier molecular flexibility index (Phi) is 6.54. The normalized spacial score (nSPS) is 17.4. The number of anilines is 1. The lowest BCUT2D eigenvalue weighted by Crippen LogP contribution is -2.51. The second-order valence-electron chi connectivity index (χ2n) is 7.03. The molecule has 0 radical (unpaired) electrons. The first-order chi connectivity index (χ1) is 13.3. The minimum atomic E-state index is -3.68. The first kappa shape index (κ1) is 21.0. The highest BCUT2D eigenvalue weighted by atomic mass is 79.9. The van der Waals surface area contributed by atoms with E-state index in [1.807, 2.05) is 50.2 Å². The van der Waals surface area contributed by atoms with Crippen LogP contribution in [-0.2, 0) is 21.5 Å². The van der Waals surface area contributed by atoms with Crippen molar-refractivity contribution >= 4 is 37.7 Å². The molecule has 1 aliphatic heterocycles. The Hall–Kier alpha value is -1.74. The number of nitrogens with one attached hydrogen (secondary N) is 1. The molecule has 1 fully saturated rings. The number of carbonyl (C=O) groups excluding carboxylic acids is 1. The Morgan fingerprint density at radius 1 is 1.11 bits per heavy atom. The topological polar surface area (TPSA) is 69.7 Å². The molecule has 6 nitrogen and oxygen atoms in total. The predicted octanol–water partition coefficient (Wildman–Crippen LogP) is 3.46. The fourth-order valence-electron chi connectivity index (χ4n) is 3.24. The van der Waals surface area contributed by atoms with Crippen molar-refractivity contribution < 1.29 is 13.2 Å². The van der Waals surface area contributed by atoms with E-state index in [2.05, 4.69) is 21.2 Å². The Labute approximate surface area is 174 Å². The summed E-state index contributed by atoms with van der Waals surface area (Å²) < 4.78 is 29.6. The smallest absolute Gasteiger partial charge is 0.282 e. The van der Waals surface area contributed by atoms with E-state index in [4.69, 9.17) is 0 Å². The van der Waals surface area contributed by atoms with Gasteiger partial charge in [-0.25, -0.2) is 0 Å². The number of halogens is 1. The lowest BCUT2D eigenvalue weighted by Gasteiger charge is -2.34. The molecule has 0 bridgehead atoms. The van der Waals surface area contributed by atoms with E-state index in [1.54, 1.807) is 6.07 Å². The molecule has 2 aromatic carbocycles. The third kappa shape index (κ3) is 5.00. The summed E-state index contributed by atoms with van der Waals surface area (Å²) in [5, 5.41) is 2.78. The van der Waals surface area contributed by atoms with Gasteiger partial charge in [-0.3, -0.25) is 4.79 Å². The van der Waals surface area contributed by atoms with E-state index >= 15 is 0 Å². The Morgan fingerprint density at radius 3 is 2.57 bits per heavy atom. The number of aryl methyl sites for hydroxylation is 2. The van der Waals surface area contributed by atoms with Gasteiger partial charge in [-0.2, -0.15) is 17.0 Å². The van der Waals surface area contributed by atoms with Crippen molar-refractivity contribution in [3.8, 4) is 0 Å². The molecular weight excluding hydrogens is 442 g/mol. The number of hydrogen-bond acceptors (Lipinski definition) is 3. The zero-order valence-corrected chi connectivity index (χ0v) is 18.4. The van der Waals surface area contributed by atoms with Gasteiger partial charge in [0.15, 0.2) is 0 Å².